The molecule has 0 heterocycles. The van der Waals surface area contributed by atoms with Crippen LogP contribution < -0.4 is 0 Å². The zero-order valence-electron chi connectivity index (χ0n) is 30.4. The number of hydrogen-bond acceptors (Lipinski definition) is 6. The van der Waals surface area contributed by atoms with E-state index in [1.165, 1.54) is 16.7 Å². The molecule has 0 saturated carbocycles. The predicted molar refractivity (Wildman–Crippen MR) is 209 cm³/mol. The minimum atomic E-state index is -1.80. The average molecular weight is 671 g/mol. The monoisotopic (exact) mass is 670 g/mol. The van der Waals surface area contributed by atoms with Gasteiger partial charge in [-0.1, -0.05) is 150 Å². The molecule has 0 saturated heterocycles. The smallest absolute Gasteiger partial charge is 0.169 e. The SMILES string of the molecule is CC(CC(CC(C)=NN(Cc1ccccc1)[Si](C)(C)C)=NN(Cc1ccccc1)[Si](C)(C)C)=NN(Cc1ccccc1)[Si](C)(C)C. The molecule has 0 N–H and O–H groups in total. The maximum atomic E-state index is 5.47. The van der Waals surface area contributed by atoms with Crippen molar-refractivity contribution in [3.05, 3.63) is 108 Å². The lowest BCUT2D eigenvalue weighted by Crippen LogP contribution is -2.43. The van der Waals surface area contributed by atoms with E-state index in [-0.39, 0.29) is 0 Å². The largest absolute Gasteiger partial charge is 0.320 e. The standard InChI is InChI=1S/C37H58N6Si3/c1-32(38-41(44(3,4)5)29-34-21-15-12-16-22-34)27-37(40-43(46(9,10)11)31-36-25-19-14-20-26-36)28-33(2)39-42(45(6,7)8)30-35-23-17-13-18-24-35/h12-26H,27-31H2,1-11H3. The number of benzene rings is 3. The minimum Gasteiger partial charge on any atom is -0.320 e. The third-order valence-electron chi connectivity index (χ3n) is 7.61. The van der Waals surface area contributed by atoms with Crippen LogP contribution in [0.15, 0.2) is 106 Å². The summed E-state index contributed by atoms with van der Waals surface area (Å²) in [5.41, 5.74) is 7.15. The molecule has 46 heavy (non-hydrogen) atoms. The van der Waals surface area contributed by atoms with Crippen molar-refractivity contribution in [2.75, 3.05) is 0 Å². The lowest BCUT2D eigenvalue weighted by molar-refractivity contribution is 0.438. The number of nitrogens with zero attached hydrogens (tertiary/aromatic N) is 6. The summed E-state index contributed by atoms with van der Waals surface area (Å²) in [7, 11) is -5.26. The molecule has 0 atom stereocenters. The Morgan fingerprint density at radius 2 is 0.696 bits per heavy atom. The molecule has 6 nitrogen and oxygen atoms in total. The van der Waals surface area contributed by atoms with E-state index in [4.69, 9.17) is 15.3 Å². The molecule has 0 radical (unpaired) electrons. The highest BCUT2D eigenvalue weighted by atomic mass is 28.3. The second-order valence-corrected chi connectivity index (χ2v) is 29.9. The highest BCUT2D eigenvalue weighted by molar-refractivity contribution is 6.74. The first-order valence-electron chi connectivity index (χ1n) is 16.6. The predicted octanol–water partition coefficient (Wildman–Crippen LogP) is 9.89. The van der Waals surface area contributed by atoms with Crippen LogP contribution in [0.2, 0.25) is 58.9 Å². The molecule has 3 aromatic carbocycles. The summed E-state index contributed by atoms with van der Waals surface area (Å²) in [6.07, 6.45) is 1.42. The zero-order valence-corrected chi connectivity index (χ0v) is 33.4. The molecule has 0 amide bonds. The van der Waals surface area contributed by atoms with Crippen molar-refractivity contribution >= 4 is 41.8 Å². The highest BCUT2D eigenvalue weighted by Crippen LogP contribution is 2.20. The molecule has 3 aromatic rings. The van der Waals surface area contributed by atoms with Crippen LogP contribution in [0.1, 0.15) is 43.4 Å². The molecule has 0 aliphatic heterocycles. The van der Waals surface area contributed by atoms with Crippen LogP contribution >= 0.6 is 0 Å². The first kappa shape index (κ1) is 37.2. The summed E-state index contributed by atoms with van der Waals surface area (Å²) in [5, 5.41) is 16.0. The third kappa shape index (κ3) is 12.8. The Labute approximate surface area is 283 Å². The van der Waals surface area contributed by atoms with Gasteiger partial charge < -0.3 is 14.0 Å². The molecule has 0 bridgehead atoms. The van der Waals surface area contributed by atoms with Gasteiger partial charge in [0, 0.05) is 30.0 Å². The van der Waals surface area contributed by atoms with Crippen LogP contribution in [-0.2, 0) is 19.6 Å². The van der Waals surface area contributed by atoms with Gasteiger partial charge in [0.15, 0.2) is 24.7 Å². The Hall–Kier alpha value is -3.28. The molecular weight excluding hydrogens is 613 g/mol. The molecule has 0 aromatic heterocycles. The maximum absolute atomic E-state index is 5.47. The third-order valence-corrected chi connectivity index (χ3v) is 13.0. The van der Waals surface area contributed by atoms with Crippen molar-refractivity contribution in [3.8, 4) is 0 Å². The van der Waals surface area contributed by atoms with Gasteiger partial charge >= 0.3 is 0 Å². The second-order valence-electron chi connectivity index (χ2n) is 15.3. The van der Waals surface area contributed by atoms with Gasteiger partial charge in [0.25, 0.3) is 0 Å². The fourth-order valence-electron chi connectivity index (χ4n) is 4.91. The Morgan fingerprint density at radius 1 is 0.435 bits per heavy atom. The van der Waals surface area contributed by atoms with Crippen molar-refractivity contribution in [3.63, 3.8) is 0 Å². The van der Waals surface area contributed by atoms with Gasteiger partial charge in [0.1, 0.15) is 0 Å². The molecule has 0 aliphatic carbocycles. The van der Waals surface area contributed by atoms with Crippen molar-refractivity contribution in [2.24, 2.45) is 15.3 Å². The maximum Gasteiger partial charge on any atom is 0.169 e. The molecular formula is C37H58N6Si3. The quantitative estimate of drug-likeness (QED) is 0.0866. The minimum absolute atomic E-state index is 0.712. The van der Waals surface area contributed by atoms with Gasteiger partial charge in [-0.05, 0) is 30.5 Å². The van der Waals surface area contributed by atoms with E-state index in [1.54, 1.807) is 0 Å². The van der Waals surface area contributed by atoms with Crippen molar-refractivity contribution in [2.45, 2.75) is 105 Å². The molecule has 0 unspecified atom stereocenters. The second kappa shape index (κ2) is 16.5. The number of hydrogen-bond donors (Lipinski definition) is 0. The summed E-state index contributed by atoms with van der Waals surface area (Å²) in [5.74, 6) is 0. The van der Waals surface area contributed by atoms with Crippen LogP contribution in [0.4, 0.5) is 0 Å². The van der Waals surface area contributed by atoms with Crippen molar-refractivity contribution < 1.29 is 0 Å². The van der Waals surface area contributed by atoms with Gasteiger partial charge in [0.2, 0.25) is 0 Å². The van der Waals surface area contributed by atoms with Gasteiger partial charge in [0.05, 0.1) is 19.6 Å². The summed E-state index contributed by atoms with van der Waals surface area (Å²) >= 11 is 0. The van der Waals surface area contributed by atoms with Crippen LogP contribution in [0.25, 0.3) is 0 Å². The fourth-order valence-corrected chi connectivity index (χ4v) is 8.27. The summed E-state index contributed by atoms with van der Waals surface area (Å²) in [6.45, 7) is 28.1. The van der Waals surface area contributed by atoms with Crippen LogP contribution in [0.3, 0.4) is 0 Å². The van der Waals surface area contributed by atoms with E-state index >= 15 is 0 Å². The van der Waals surface area contributed by atoms with Crippen LogP contribution in [0, 0.1) is 0 Å². The van der Waals surface area contributed by atoms with E-state index in [0.29, 0.717) is 12.8 Å². The Bertz CT molecular complexity index is 1360. The van der Waals surface area contributed by atoms with E-state index in [1.807, 2.05) is 0 Å². The summed E-state index contributed by atoms with van der Waals surface area (Å²) in [6, 6.07) is 32.1. The Kier molecular flexibility index (Phi) is 13.3. The van der Waals surface area contributed by atoms with Gasteiger partial charge in [-0.25, -0.2) is 0 Å². The van der Waals surface area contributed by atoms with Crippen LogP contribution in [0.5, 0.6) is 0 Å². The normalized spacial score (nSPS) is 12.9. The first-order chi connectivity index (χ1) is 21.5. The van der Waals surface area contributed by atoms with Crippen molar-refractivity contribution in [1.82, 2.24) is 14.0 Å². The van der Waals surface area contributed by atoms with Gasteiger partial charge in [-0.3, -0.25) is 0 Å². The van der Waals surface area contributed by atoms with Gasteiger partial charge in [-0.15, -0.1) is 0 Å². The lowest BCUT2D eigenvalue weighted by atomic mass is 10.1. The van der Waals surface area contributed by atoms with E-state index in [9.17, 15) is 0 Å². The lowest BCUT2D eigenvalue weighted by Gasteiger charge is -2.34. The highest BCUT2D eigenvalue weighted by Gasteiger charge is 2.27. The first-order valence-corrected chi connectivity index (χ1v) is 26.9. The number of rotatable bonds is 16. The summed E-state index contributed by atoms with van der Waals surface area (Å²) in [4.78, 5) is 0. The molecule has 3 rings (SSSR count). The molecule has 0 aliphatic rings. The molecule has 248 valence electrons. The van der Waals surface area contributed by atoms with E-state index in [2.05, 4.69) is 178 Å². The van der Waals surface area contributed by atoms with Crippen molar-refractivity contribution in [1.29, 1.82) is 0 Å². The fraction of sp³-hybridized carbons (Fsp3) is 0.432. The average Bonchev–Trinajstić information content (AvgIpc) is 2.96. The number of hydrazone groups is 3. The summed E-state index contributed by atoms with van der Waals surface area (Å²) < 4.78 is 7.07. The molecule has 0 fully saturated rings. The Morgan fingerprint density at radius 3 is 0.957 bits per heavy atom. The Balaban J connectivity index is 1.99. The van der Waals surface area contributed by atoms with E-state index in [0.717, 1.165) is 36.8 Å². The zero-order chi connectivity index (χ0) is 34.0. The topological polar surface area (TPSA) is 46.8 Å². The molecule has 0 spiro atoms. The van der Waals surface area contributed by atoms with Gasteiger partial charge in [-0.2, -0.15) is 15.3 Å². The van der Waals surface area contributed by atoms with E-state index < -0.39 is 24.7 Å². The molecule has 9 heteroatoms. The van der Waals surface area contributed by atoms with Crippen LogP contribution in [-0.4, -0.2) is 55.9 Å².